The predicted octanol–water partition coefficient (Wildman–Crippen LogP) is 16.0. The van der Waals surface area contributed by atoms with Crippen LogP contribution in [0.15, 0.2) is 36.5 Å². The molecule has 2 atom stereocenters. The van der Waals surface area contributed by atoms with E-state index in [0.717, 1.165) is 51.4 Å². The largest absolute Gasteiger partial charge is 0.472 e. The summed E-state index contributed by atoms with van der Waals surface area (Å²) in [6, 6.07) is 0. The lowest BCUT2D eigenvalue weighted by molar-refractivity contribution is -0.870. The minimum absolute atomic E-state index is 0.0321. The summed E-state index contributed by atoms with van der Waals surface area (Å²) in [4.78, 5) is 35.6. The van der Waals surface area contributed by atoms with Gasteiger partial charge in [0.2, 0.25) is 0 Å². The average Bonchev–Trinajstić information content (AvgIpc) is 3.25. The molecule has 0 aliphatic rings. The fraction of sp³-hybridized carbons (Fsp3) is 0.852. The van der Waals surface area contributed by atoms with Crippen molar-refractivity contribution in [1.82, 2.24) is 0 Å². The number of hydrogen-bond acceptors (Lipinski definition) is 7. The standard InChI is InChI=1S/C54H102NO8P/c1-6-8-10-12-14-16-18-20-22-23-24-25-26-27-28-29-30-31-33-35-37-39-41-43-45-47-54(57)63-52(51-62-64(58,59)61-49-48-55(3,4)5)50-60-53(56)46-44-42-40-38-36-34-32-21-19-17-15-13-11-9-7-2/h18,20,23-24,26-27,52H,6-17,19,21-22,25,28-51H2,1-5H3/p+1/b20-18-,24-23-,27-26-. The number of carbonyl (C=O) groups is 2. The summed E-state index contributed by atoms with van der Waals surface area (Å²) < 4.78 is 34.5. The fourth-order valence-electron chi connectivity index (χ4n) is 7.49. The van der Waals surface area contributed by atoms with Gasteiger partial charge in [-0.25, -0.2) is 4.57 Å². The van der Waals surface area contributed by atoms with Crippen molar-refractivity contribution < 1.29 is 42.1 Å². The number of nitrogens with zero attached hydrogens (tertiary/aromatic N) is 1. The smallest absolute Gasteiger partial charge is 0.462 e. The van der Waals surface area contributed by atoms with Crippen LogP contribution in [-0.4, -0.2) is 74.9 Å². The molecule has 1 N–H and O–H groups in total. The second kappa shape index (κ2) is 46.3. The van der Waals surface area contributed by atoms with E-state index in [4.69, 9.17) is 18.5 Å². The van der Waals surface area contributed by atoms with E-state index in [-0.39, 0.29) is 25.6 Å². The summed E-state index contributed by atoms with van der Waals surface area (Å²) in [6.45, 7) is 4.44. The SMILES string of the molecule is CCCCCCC/C=C\C/C=C\C/C=C\CCCCCCCCCCCCC(=O)OC(COC(=O)CCCCCCCCCCCCCCCCC)COP(=O)(O)OCC[N+](C)(C)C. The Labute approximate surface area is 395 Å². The molecule has 0 heterocycles. The van der Waals surface area contributed by atoms with Gasteiger partial charge in [-0.3, -0.25) is 18.6 Å². The molecule has 64 heavy (non-hydrogen) atoms. The third-order valence-electron chi connectivity index (χ3n) is 11.7. The van der Waals surface area contributed by atoms with Crippen molar-refractivity contribution in [1.29, 1.82) is 0 Å². The zero-order valence-electron chi connectivity index (χ0n) is 42.5. The highest BCUT2D eigenvalue weighted by Gasteiger charge is 2.27. The maximum atomic E-state index is 12.8. The third kappa shape index (κ3) is 49.7. The molecule has 0 aromatic rings. The number of phosphoric ester groups is 1. The van der Waals surface area contributed by atoms with E-state index in [9.17, 15) is 19.0 Å². The fourth-order valence-corrected chi connectivity index (χ4v) is 8.24. The normalized spacial score (nSPS) is 13.7. The van der Waals surface area contributed by atoms with Gasteiger partial charge >= 0.3 is 19.8 Å². The van der Waals surface area contributed by atoms with Crippen LogP contribution in [0.3, 0.4) is 0 Å². The third-order valence-corrected chi connectivity index (χ3v) is 12.7. The molecular weight excluding hydrogens is 822 g/mol. The molecule has 0 spiro atoms. The van der Waals surface area contributed by atoms with Crippen LogP contribution in [0.2, 0.25) is 0 Å². The van der Waals surface area contributed by atoms with Gasteiger partial charge in [-0.1, -0.05) is 217 Å². The number of esters is 2. The number of likely N-dealkylation sites (N-methyl/N-ethyl adjacent to an activating group) is 1. The first-order chi connectivity index (χ1) is 31.0. The number of carbonyl (C=O) groups excluding carboxylic acids is 2. The summed E-state index contributed by atoms with van der Waals surface area (Å²) in [5.41, 5.74) is 0. The van der Waals surface area contributed by atoms with Gasteiger partial charge in [0.15, 0.2) is 6.10 Å². The second-order valence-electron chi connectivity index (χ2n) is 19.3. The lowest BCUT2D eigenvalue weighted by Crippen LogP contribution is -2.37. The molecule has 0 aliphatic carbocycles. The Kier molecular flexibility index (Phi) is 45.1. The topological polar surface area (TPSA) is 108 Å². The predicted molar refractivity (Wildman–Crippen MR) is 270 cm³/mol. The van der Waals surface area contributed by atoms with Crippen molar-refractivity contribution in [3.8, 4) is 0 Å². The Balaban J connectivity index is 4.20. The van der Waals surface area contributed by atoms with Crippen LogP contribution in [0, 0.1) is 0 Å². The monoisotopic (exact) mass is 925 g/mol. The summed E-state index contributed by atoms with van der Waals surface area (Å²) in [7, 11) is 1.48. The quantitative estimate of drug-likeness (QED) is 0.0211. The molecule has 0 radical (unpaired) electrons. The van der Waals surface area contributed by atoms with Crippen LogP contribution in [0.4, 0.5) is 0 Å². The molecule has 0 bridgehead atoms. The van der Waals surface area contributed by atoms with Gasteiger partial charge in [-0.05, 0) is 51.4 Å². The van der Waals surface area contributed by atoms with E-state index in [1.165, 1.54) is 161 Å². The van der Waals surface area contributed by atoms with Gasteiger partial charge in [0.05, 0.1) is 27.7 Å². The summed E-state index contributed by atoms with van der Waals surface area (Å²) >= 11 is 0. The van der Waals surface area contributed by atoms with E-state index >= 15 is 0 Å². The maximum absolute atomic E-state index is 12.8. The lowest BCUT2D eigenvalue weighted by Gasteiger charge is -2.24. The zero-order valence-corrected chi connectivity index (χ0v) is 43.4. The first-order valence-corrected chi connectivity index (χ1v) is 28.2. The van der Waals surface area contributed by atoms with Crippen LogP contribution in [0.1, 0.15) is 245 Å². The van der Waals surface area contributed by atoms with Crippen LogP contribution in [0.25, 0.3) is 0 Å². The van der Waals surface area contributed by atoms with E-state index in [1.54, 1.807) is 0 Å². The van der Waals surface area contributed by atoms with Crippen LogP contribution in [-0.2, 0) is 32.7 Å². The van der Waals surface area contributed by atoms with Gasteiger partial charge in [0.1, 0.15) is 19.8 Å². The Morgan fingerprint density at radius 3 is 1.25 bits per heavy atom. The first-order valence-electron chi connectivity index (χ1n) is 26.7. The molecule has 0 aromatic carbocycles. The number of ether oxygens (including phenoxy) is 2. The van der Waals surface area contributed by atoms with E-state index in [2.05, 4.69) is 50.3 Å². The minimum Gasteiger partial charge on any atom is -0.462 e. The second-order valence-corrected chi connectivity index (χ2v) is 20.7. The number of rotatable bonds is 49. The molecule has 0 fully saturated rings. The maximum Gasteiger partial charge on any atom is 0.472 e. The average molecular weight is 925 g/mol. The molecule has 0 saturated carbocycles. The summed E-state index contributed by atoms with van der Waals surface area (Å²) in [5.74, 6) is -0.792. The van der Waals surface area contributed by atoms with Crippen molar-refractivity contribution in [2.45, 2.75) is 251 Å². The van der Waals surface area contributed by atoms with Gasteiger partial charge in [-0.15, -0.1) is 0 Å². The summed E-state index contributed by atoms with van der Waals surface area (Å²) in [5, 5.41) is 0. The molecule has 376 valence electrons. The van der Waals surface area contributed by atoms with Gasteiger partial charge < -0.3 is 18.9 Å². The molecule has 0 aromatic heterocycles. The lowest BCUT2D eigenvalue weighted by atomic mass is 10.0. The Morgan fingerprint density at radius 2 is 0.844 bits per heavy atom. The first kappa shape index (κ1) is 62.2. The number of unbranched alkanes of at least 4 members (excludes halogenated alkanes) is 29. The zero-order chi connectivity index (χ0) is 47.1. The molecule has 0 saturated heterocycles. The molecule has 0 amide bonds. The van der Waals surface area contributed by atoms with E-state index in [1.807, 2.05) is 21.1 Å². The molecule has 2 unspecified atom stereocenters. The van der Waals surface area contributed by atoms with E-state index < -0.39 is 26.5 Å². The number of allylic oxidation sites excluding steroid dienone is 6. The van der Waals surface area contributed by atoms with Gasteiger partial charge in [0, 0.05) is 12.8 Å². The van der Waals surface area contributed by atoms with Gasteiger partial charge in [-0.2, -0.15) is 0 Å². The molecular formula is C54H103NO8P+. The molecule has 0 rings (SSSR count). The Hall–Kier alpha value is -1.77. The molecule has 9 nitrogen and oxygen atoms in total. The summed E-state index contributed by atoms with van der Waals surface area (Å²) in [6.07, 6.45) is 54.8. The molecule has 0 aliphatic heterocycles. The highest BCUT2D eigenvalue weighted by Crippen LogP contribution is 2.43. The van der Waals surface area contributed by atoms with Crippen molar-refractivity contribution in [3.05, 3.63) is 36.5 Å². The Morgan fingerprint density at radius 1 is 0.484 bits per heavy atom. The minimum atomic E-state index is -4.38. The van der Waals surface area contributed by atoms with Crippen LogP contribution >= 0.6 is 7.82 Å². The van der Waals surface area contributed by atoms with E-state index in [0.29, 0.717) is 23.9 Å². The number of quaternary nitrogens is 1. The van der Waals surface area contributed by atoms with Crippen LogP contribution < -0.4 is 0 Å². The number of hydrogen-bond donors (Lipinski definition) is 1. The van der Waals surface area contributed by atoms with Crippen molar-refractivity contribution >= 4 is 19.8 Å². The Bertz CT molecular complexity index is 1180. The van der Waals surface area contributed by atoms with Crippen molar-refractivity contribution in [3.63, 3.8) is 0 Å². The van der Waals surface area contributed by atoms with Crippen molar-refractivity contribution in [2.75, 3.05) is 47.5 Å². The highest BCUT2D eigenvalue weighted by atomic mass is 31.2. The van der Waals surface area contributed by atoms with Crippen LogP contribution in [0.5, 0.6) is 0 Å². The van der Waals surface area contributed by atoms with Crippen molar-refractivity contribution in [2.24, 2.45) is 0 Å². The highest BCUT2D eigenvalue weighted by molar-refractivity contribution is 7.47. The number of phosphoric acid groups is 1. The van der Waals surface area contributed by atoms with Gasteiger partial charge in [0.25, 0.3) is 0 Å². The molecule has 10 heteroatoms.